The quantitative estimate of drug-likeness (QED) is 0.220. The van der Waals surface area contributed by atoms with Crippen molar-refractivity contribution < 1.29 is 8.53 Å². The van der Waals surface area contributed by atoms with Crippen LogP contribution in [0.1, 0.15) is 4.11 Å². The van der Waals surface area contributed by atoms with E-state index in [1.807, 2.05) is 42.5 Å². The second-order valence-corrected chi connectivity index (χ2v) is 9.80. The molecule has 7 aromatic carbocycles. The lowest BCUT2D eigenvalue weighted by atomic mass is 9.83. The van der Waals surface area contributed by atoms with E-state index in [0.717, 1.165) is 76.9 Å². The van der Waals surface area contributed by atoms with E-state index in [9.17, 15) is 0 Å². The van der Waals surface area contributed by atoms with E-state index in [1.165, 1.54) is 0 Å². The Balaban J connectivity index is 1.55. The Hall–Kier alpha value is -5.14. The lowest BCUT2D eigenvalue weighted by molar-refractivity contribution is 0.669. The SMILES string of the molecule is [2H]c1ccc(-c2cc([2H])cc([2H])c2-c2c3ccccc3c(-c3cccc4oc5ccccc5c34)c3ccccc23)cc1. The van der Waals surface area contributed by atoms with Crippen LogP contribution in [0.5, 0.6) is 0 Å². The molecule has 0 fully saturated rings. The fourth-order valence-corrected chi connectivity index (χ4v) is 6.06. The fourth-order valence-electron chi connectivity index (χ4n) is 6.06. The molecular weight excluding hydrogens is 472 g/mol. The molecule has 0 spiro atoms. The molecule has 0 aliphatic rings. The summed E-state index contributed by atoms with van der Waals surface area (Å²) >= 11 is 0. The van der Waals surface area contributed by atoms with Gasteiger partial charge in [0.1, 0.15) is 11.2 Å². The van der Waals surface area contributed by atoms with Crippen molar-refractivity contribution in [1.82, 2.24) is 0 Å². The molecule has 0 amide bonds. The van der Waals surface area contributed by atoms with Crippen LogP contribution in [0.4, 0.5) is 0 Å². The van der Waals surface area contributed by atoms with Crippen molar-refractivity contribution in [2.24, 2.45) is 0 Å². The summed E-state index contributed by atoms with van der Waals surface area (Å²) in [5.41, 5.74) is 7.42. The maximum atomic E-state index is 9.16. The normalized spacial score (nSPS) is 12.7. The van der Waals surface area contributed by atoms with Gasteiger partial charge in [-0.05, 0) is 67.1 Å². The lowest BCUT2D eigenvalue weighted by Crippen LogP contribution is -1.93. The van der Waals surface area contributed by atoms with Gasteiger partial charge in [-0.3, -0.25) is 0 Å². The highest BCUT2D eigenvalue weighted by Crippen LogP contribution is 2.48. The van der Waals surface area contributed by atoms with E-state index in [1.54, 1.807) is 18.2 Å². The largest absolute Gasteiger partial charge is 0.456 e. The molecule has 0 bridgehead atoms. The second kappa shape index (κ2) is 8.72. The Morgan fingerprint density at radius 3 is 1.69 bits per heavy atom. The molecule has 8 aromatic rings. The van der Waals surface area contributed by atoms with Crippen LogP contribution in [0.2, 0.25) is 0 Å². The number of hydrogen-bond acceptors (Lipinski definition) is 1. The molecule has 0 aliphatic heterocycles. The summed E-state index contributed by atoms with van der Waals surface area (Å²) in [6.45, 7) is 0. The van der Waals surface area contributed by atoms with Gasteiger partial charge < -0.3 is 4.42 Å². The van der Waals surface area contributed by atoms with Crippen LogP contribution in [0.25, 0.3) is 76.9 Å². The number of benzene rings is 7. The smallest absolute Gasteiger partial charge is 0.136 e. The van der Waals surface area contributed by atoms with E-state index >= 15 is 0 Å². The zero-order valence-corrected chi connectivity index (χ0v) is 21.0. The Morgan fingerprint density at radius 1 is 0.410 bits per heavy atom. The first-order valence-electron chi connectivity index (χ1n) is 14.6. The highest BCUT2D eigenvalue weighted by Gasteiger charge is 2.21. The summed E-state index contributed by atoms with van der Waals surface area (Å²) in [5, 5.41) is 6.43. The van der Waals surface area contributed by atoms with Gasteiger partial charge in [0.25, 0.3) is 0 Å². The van der Waals surface area contributed by atoms with Gasteiger partial charge in [-0.25, -0.2) is 0 Å². The molecule has 0 aliphatic carbocycles. The average molecular weight is 500 g/mol. The Labute approximate surface area is 230 Å². The Bertz CT molecular complexity index is 2270. The van der Waals surface area contributed by atoms with Gasteiger partial charge in [-0.1, -0.05) is 133 Å². The molecule has 39 heavy (non-hydrogen) atoms. The number of rotatable bonds is 3. The standard InChI is InChI=1S/C38H24O/c1-2-13-25(14-3-1)26-15-4-5-16-27(26)36-28-17-6-8-19-30(28)37(31-20-9-7-18-29(31)36)33-22-12-24-35-38(33)32-21-10-11-23-34(32)39-35/h1-24H/i1D,4D,16D. The van der Waals surface area contributed by atoms with Gasteiger partial charge in [0.05, 0.1) is 4.11 Å². The molecule has 182 valence electrons. The van der Waals surface area contributed by atoms with E-state index in [2.05, 4.69) is 66.7 Å². The van der Waals surface area contributed by atoms with Crippen molar-refractivity contribution in [3.05, 3.63) is 146 Å². The zero-order chi connectivity index (χ0) is 28.4. The van der Waals surface area contributed by atoms with E-state index in [4.69, 9.17) is 8.53 Å². The number of fused-ring (bicyclic) bond motifs is 5. The molecule has 1 aromatic heterocycles. The lowest BCUT2D eigenvalue weighted by Gasteiger charge is -2.20. The highest BCUT2D eigenvalue weighted by molar-refractivity contribution is 6.26. The minimum atomic E-state index is 0.289. The summed E-state index contributed by atoms with van der Waals surface area (Å²) in [7, 11) is 0. The van der Waals surface area contributed by atoms with Gasteiger partial charge >= 0.3 is 0 Å². The summed E-state index contributed by atoms with van der Waals surface area (Å²) < 4.78 is 31.9. The van der Waals surface area contributed by atoms with E-state index in [-0.39, 0.29) is 6.04 Å². The van der Waals surface area contributed by atoms with Crippen LogP contribution < -0.4 is 0 Å². The topological polar surface area (TPSA) is 13.1 Å². The molecule has 8 rings (SSSR count). The maximum absolute atomic E-state index is 9.16. The molecular formula is C38H24O. The Morgan fingerprint density at radius 2 is 1.00 bits per heavy atom. The summed E-state index contributed by atoms with van der Waals surface area (Å²) in [4.78, 5) is 0. The maximum Gasteiger partial charge on any atom is 0.136 e. The number of para-hydroxylation sites is 1. The predicted molar refractivity (Wildman–Crippen MR) is 165 cm³/mol. The molecule has 0 N–H and O–H groups in total. The molecule has 0 saturated heterocycles. The Kier molecular flexibility index (Phi) is 4.25. The predicted octanol–water partition coefficient (Wildman–Crippen LogP) is 10.9. The van der Waals surface area contributed by atoms with Gasteiger partial charge in [0.2, 0.25) is 0 Å². The van der Waals surface area contributed by atoms with Gasteiger partial charge in [-0.15, -0.1) is 0 Å². The first kappa shape index (κ1) is 19.0. The van der Waals surface area contributed by atoms with Crippen LogP contribution in [-0.2, 0) is 0 Å². The number of hydrogen-bond donors (Lipinski definition) is 0. The molecule has 1 heteroatoms. The van der Waals surface area contributed by atoms with Crippen molar-refractivity contribution >= 4 is 43.5 Å². The van der Waals surface area contributed by atoms with E-state index < -0.39 is 0 Å². The minimum Gasteiger partial charge on any atom is -0.456 e. The number of furan rings is 1. The fraction of sp³-hybridized carbons (Fsp3) is 0. The summed E-state index contributed by atoms with van der Waals surface area (Å²) in [6, 6.07) is 43.1. The molecule has 1 nitrogen and oxygen atoms in total. The van der Waals surface area contributed by atoms with Crippen molar-refractivity contribution in [2.45, 2.75) is 0 Å². The third-order valence-corrected chi connectivity index (χ3v) is 7.68. The summed E-state index contributed by atoms with van der Waals surface area (Å²) in [6.07, 6.45) is 0. The third-order valence-electron chi connectivity index (χ3n) is 7.68. The van der Waals surface area contributed by atoms with Gasteiger partial charge in [-0.2, -0.15) is 0 Å². The monoisotopic (exact) mass is 499 g/mol. The van der Waals surface area contributed by atoms with Crippen molar-refractivity contribution in [3.8, 4) is 33.4 Å². The molecule has 0 atom stereocenters. The zero-order valence-electron chi connectivity index (χ0n) is 24.0. The molecule has 0 saturated carbocycles. The third kappa shape index (κ3) is 3.34. The first-order chi connectivity index (χ1) is 20.6. The molecule has 0 unspecified atom stereocenters. The second-order valence-electron chi connectivity index (χ2n) is 9.80. The minimum absolute atomic E-state index is 0.289. The highest BCUT2D eigenvalue weighted by atomic mass is 16.3. The molecule has 1 heterocycles. The first-order valence-corrected chi connectivity index (χ1v) is 13.1. The molecule has 0 radical (unpaired) electrons. The van der Waals surface area contributed by atoms with E-state index in [0.29, 0.717) is 12.1 Å². The van der Waals surface area contributed by atoms with Crippen molar-refractivity contribution in [1.29, 1.82) is 0 Å². The van der Waals surface area contributed by atoms with Crippen molar-refractivity contribution in [3.63, 3.8) is 0 Å². The van der Waals surface area contributed by atoms with Gasteiger partial charge in [0, 0.05) is 10.8 Å². The van der Waals surface area contributed by atoms with Crippen LogP contribution in [0.15, 0.2) is 150 Å². The van der Waals surface area contributed by atoms with Crippen LogP contribution in [0.3, 0.4) is 0 Å². The van der Waals surface area contributed by atoms with Crippen molar-refractivity contribution in [2.75, 3.05) is 0 Å². The van der Waals surface area contributed by atoms with Crippen LogP contribution in [0, 0.1) is 0 Å². The van der Waals surface area contributed by atoms with Crippen LogP contribution in [-0.4, -0.2) is 0 Å². The summed E-state index contributed by atoms with van der Waals surface area (Å²) in [5.74, 6) is 0. The average Bonchev–Trinajstić information content (AvgIpc) is 3.40. The van der Waals surface area contributed by atoms with Gasteiger partial charge in [0.15, 0.2) is 0 Å². The van der Waals surface area contributed by atoms with Crippen LogP contribution >= 0.6 is 0 Å².